The second-order valence-corrected chi connectivity index (χ2v) is 3.76. The second kappa shape index (κ2) is 3.50. The van der Waals surface area contributed by atoms with E-state index in [4.69, 9.17) is 16.3 Å². The molecule has 2 rings (SSSR count). The fraction of sp³-hybridized carbons (Fsp3) is 0.300. The molecule has 1 aliphatic rings. The lowest BCUT2D eigenvalue weighted by Crippen LogP contribution is -2.29. The molecule has 1 aromatic carbocycles. The number of hydrogen-bond acceptors (Lipinski definition) is 3. The quantitative estimate of drug-likeness (QED) is 0.657. The minimum Gasteiger partial charge on any atom is -0.483 e. The van der Waals surface area contributed by atoms with E-state index in [1.165, 1.54) is 0 Å². The maximum atomic E-state index is 5.87. The van der Waals surface area contributed by atoms with Gasteiger partial charge >= 0.3 is 0 Å². The molecule has 0 spiro atoms. The molecular weight excluding hydrogens is 200 g/mol. The first-order valence-corrected chi connectivity index (χ1v) is 4.72. The zero-order valence-corrected chi connectivity index (χ0v) is 8.88. The smallest absolute Gasteiger partial charge is 0.146 e. The molecule has 0 aromatic heterocycles. The summed E-state index contributed by atoms with van der Waals surface area (Å²) in [4.78, 5) is 6.37. The first-order valence-electron chi connectivity index (χ1n) is 4.34. The topological polar surface area (TPSA) is 24.8 Å². The number of aliphatic imine (C=N–C) groups is 1. The molecular formula is C10H11ClN2O. The SMILES string of the molecule is CN(C)C1=Nc2cc(Cl)ccc2OC1. The van der Waals surface area contributed by atoms with Gasteiger partial charge in [-0.2, -0.15) is 0 Å². The van der Waals surface area contributed by atoms with Crippen LogP contribution in [-0.4, -0.2) is 31.4 Å². The van der Waals surface area contributed by atoms with Crippen molar-refractivity contribution in [2.24, 2.45) is 4.99 Å². The van der Waals surface area contributed by atoms with Crippen LogP contribution in [0.4, 0.5) is 5.69 Å². The van der Waals surface area contributed by atoms with Crippen molar-refractivity contribution in [3.8, 4) is 5.75 Å². The van der Waals surface area contributed by atoms with Gasteiger partial charge in [-0.05, 0) is 18.2 Å². The molecule has 0 atom stereocenters. The molecule has 0 unspecified atom stereocenters. The summed E-state index contributed by atoms with van der Waals surface area (Å²) < 4.78 is 5.52. The molecule has 14 heavy (non-hydrogen) atoms. The average Bonchev–Trinajstić information content (AvgIpc) is 2.16. The molecule has 0 fully saturated rings. The average molecular weight is 211 g/mol. The van der Waals surface area contributed by atoms with Crippen LogP contribution >= 0.6 is 11.6 Å². The Bertz CT molecular complexity index is 388. The summed E-state index contributed by atoms with van der Waals surface area (Å²) in [6.45, 7) is 0.516. The highest BCUT2D eigenvalue weighted by atomic mass is 35.5. The lowest BCUT2D eigenvalue weighted by molar-refractivity contribution is 0.353. The molecule has 0 amide bonds. The number of nitrogens with zero attached hydrogens (tertiary/aromatic N) is 2. The monoisotopic (exact) mass is 210 g/mol. The van der Waals surface area contributed by atoms with Gasteiger partial charge in [0.05, 0.1) is 0 Å². The lowest BCUT2D eigenvalue weighted by atomic mass is 10.3. The van der Waals surface area contributed by atoms with Gasteiger partial charge in [-0.15, -0.1) is 0 Å². The van der Waals surface area contributed by atoms with Crippen LogP contribution in [0.2, 0.25) is 5.02 Å². The summed E-state index contributed by atoms with van der Waals surface area (Å²) in [6.07, 6.45) is 0. The maximum Gasteiger partial charge on any atom is 0.146 e. The van der Waals surface area contributed by atoms with Gasteiger partial charge in [0, 0.05) is 19.1 Å². The number of hydrogen-bond donors (Lipinski definition) is 0. The molecule has 0 radical (unpaired) electrons. The predicted molar refractivity (Wildman–Crippen MR) is 57.7 cm³/mol. The largest absolute Gasteiger partial charge is 0.483 e. The van der Waals surface area contributed by atoms with Crippen molar-refractivity contribution in [2.75, 3.05) is 20.7 Å². The molecule has 1 heterocycles. The maximum absolute atomic E-state index is 5.87. The number of ether oxygens (including phenoxy) is 1. The highest BCUT2D eigenvalue weighted by Gasteiger charge is 2.14. The van der Waals surface area contributed by atoms with E-state index in [1.807, 2.05) is 25.1 Å². The van der Waals surface area contributed by atoms with Gasteiger partial charge < -0.3 is 9.64 Å². The molecule has 0 saturated heterocycles. The summed E-state index contributed by atoms with van der Waals surface area (Å²) >= 11 is 5.87. The highest BCUT2D eigenvalue weighted by molar-refractivity contribution is 6.30. The minimum atomic E-state index is 0.516. The zero-order valence-electron chi connectivity index (χ0n) is 8.12. The Labute approximate surface area is 88.0 Å². The summed E-state index contributed by atoms with van der Waals surface area (Å²) in [5.74, 6) is 1.69. The molecule has 1 aromatic rings. The van der Waals surface area contributed by atoms with Gasteiger partial charge in [-0.1, -0.05) is 11.6 Å². The fourth-order valence-electron chi connectivity index (χ4n) is 1.24. The van der Waals surface area contributed by atoms with Crippen molar-refractivity contribution < 1.29 is 4.74 Å². The first kappa shape index (κ1) is 9.34. The van der Waals surface area contributed by atoms with Gasteiger partial charge in [0.15, 0.2) is 0 Å². The zero-order chi connectivity index (χ0) is 10.1. The summed E-state index contributed by atoms with van der Waals surface area (Å²) in [5.41, 5.74) is 0.799. The third-order valence-corrected chi connectivity index (χ3v) is 2.28. The van der Waals surface area contributed by atoms with Crippen molar-refractivity contribution >= 4 is 23.1 Å². The van der Waals surface area contributed by atoms with E-state index in [-0.39, 0.29) is 0 Å². The van der Waals surface area contributed by atoms with E-state index in [1.54, 1.807) is 12.1 Å². The Hall–Kier alpha value is -1.22. The van der Waals surface area contributed by atoms with Crippen LogP contribution < -0.4 is 4.74 Å². The van der Waals surface area contributed by atoms with Crippen LogP contribution in [0.25, 0.3) is 0 Å². The second-order valence-electron chi connectivity index (χ2n) is 3.32. The van der Waals surface area contributed by atoms with Gasteiger partial charge in [0.1, 0.15) is 23.9 Å². The van der Waals surface area contributed by atoms with Crippen molar-refractivity contribution in [3.05, 3.63) is 23.2 Å². The van der Waals surface area contributed by atoms with Crippen molar-refractivity contribution in [3.63, 3.8) is 0 Å². The number of fused-ring (bicyclic) bond motifs is 1. The van der Waals surface area contributed by atoms with E-state index >= 15 is 0 Å². The van der Waals surface area contributed by atoms with Gasteiger partial charge in [-0.3, -0.25) is 0 Å². The molecule has 0 aliphatic carbocycles. The summed E-state index contributed by atoms with van der Waals surface area (Å²) in [5, 5.41) is 0.677. The van der Waals surface area contributed by atoms with E-state index in [2.05, 4.69) is 4.99 Å². The summed E-state index contributed by atoms with van der Waals surface area (Å²) in [6, 6.07) is 5.45. The van der Waals surface area contributed by atoms with Crippen LogP contribution in [0.3, 0.4) is 0 Å². The van der Waals surface area contributed by atoms with E-state index in [0.29, 0.717) is 11.6 Å². The Morgan fingerprint density at radius 1 is 1.43 bits per heavy atom. The van der Waals surface area contributed by atoms with E-state index < -0.39 is 0 Å². The number of amidine groups is 1. The normalized spacial score (nSPS) is 14.1. The van der Waals surface area contributed by atoms with Crippen LogP contribution in [0.5, 0.6) is 5.75 Å². The molecule has 3 nitrogen and oxygen atoms in total. The highest BCUT2D eigenvalue weighted by Crippen LogP contribution is 2.33. The predicted octanol–water partition coefficient (Wildman–Crippen LogP) is 2.32. The molecule has 0 bridgehead atoms. The third kappa shape index (κ3) is 1.68. The minimum absolute atomic E-state index is 0.516. The molecule has 74 valence electrons. The van der Waals surface area contributed by atoms with E-state index in [9.17, 15) is 0 Å². The molecule has 1 aliphatic heterocycles. The third-order valence-electron chi connectivity index (χ3n) is 2.04. The van der Waals surface area contributed by atoms with Crippen LogP contribution in [0.1, 0.15) is 0 Å². The summed E-state index contributed by atoms with van der Waals surface area (Å²) in [7, 11) is 3.88. The number of benzene rings is 1. The number of halogens is 1. The Kier molecular flexibility index (Phi) is 2.33. The van der Waals surface area contributed by atoms with Crippen LogP contribution in [0.15, 0.2) is 23.2 Å². The Morgan fingerprint density at radius 2 is 2.21 bits per heavy atom. The fourth-order valence-corrected chi connectivity index (χ4v) is 1.41. The van der Waals surface area contributed by atoms with Gasteiger partial charge in [0.25, 0.3) is 0 Å². The van der Waals surface area contributed by atoms with Gasteiger partial charge in [0.2, 0.25) is 0 Å². The van der Waals surface area contributed by atoms with Gasteiger partial charge in [-0.25, -0.2) is 4.99 Å². The molecule has 0 saturated carbocycles. The van der Waals surface area contributed by atoms with Crippen LogP contribution in [-0.2, 0) is 0 Å². The van der Waals surface area contributed by atoms with Crippen molar-refractivity contribution in [1.82, 2.24) is 4.90 Å². The Morgan fingerprint density at radius 3 is 2.93 bits per heavy atom. The molecule has 4 heteroatoms. The lowest BCUT2D eigenvalue weighted by Gasteiger charge is -2.21. The van der Waals surface area contributed by atoms with Crippen LogP contribution in [0, 0.1) is 0 Å². The van der Waals surface area contributed by atoms with Crippen molar-refractivity contribution in [1.29, 1.82) is 0 Å². The Balaban J connectivity index is 2.42. The van der Waals surface area contributed by atoms with Crippen molar-refractivity contribution in [2.45, 2.75) is 0 Å². The van der Waals surface area contributed by atoms with E-state index in [0.717, 1.165) is 17.3 Å². The standard InChI is InChI=1S/C10H11ClN2O/c1-13(2)10-6-14-9-4-3-7(11)5-8(9)12-10/h3-5H,6H2,1-2H3. The first-order chi connectivity index (χ1) is 6.66. The molecule has 0 N–H and O–H groups in total. The number of rotatable bonds is 0. The number of likely N-dealkylation sites (N-methyl/N-ethyl adjacent to an activating group) is 1.